The smallest absolute Gasteiger partial charge is 0.227 e. The van der Waals surface area contributed by atoms with E-state index in [1.54, 1.807) is 6.07 Å². The minimum Gasteiger partial charge on any atom is -0.354 e. The van der Waals surface area contributed by atoms with Gasteiger partial charge in [0.2, 0.25) is 5.91 Å². The van der Waals surface area contributed by atoms with Gasteiger partial charge in [0.15, 0.2) is 11.5 Å². The SMILES string of the molecule is CC(C)c1ccc(CC(=O)N2C[C@@H]3CN(c4ccc(C#N)nn4)C[C@@H]3C2)cc1. The fourth-order valence-electron chi connectivity index (χ4n) is 4.24. The van der Waals surface area contributed by atoms with Crippen LogP contribution in [0.3, 0.4) is 0 Å². The maximum absolute atomic E-state index is 12.7. The lowest BCUT2D eigenvalue weighted by molar-refractivity contribution is -0.129. The van der Waals surface area contributed by atoms with Gasteiger partial charge in [-0.15, -0.1) is 10.2 Å². The van der Waals surface area contributed by atoms with E-state index in [4.69, 9.17) is 5.26 Å². The Kier molecular flexibility index (Phi) is 4.99. The number of nitrogens with zero attached hydrogens (tertiary/aromatic N) is 5. The van der Waals surface area contributed by atoms with E-state index in [1.807, 2.05) is 17.0 Å². The van der Waals surface area contributed by atoms with Gasteiger partial charge in [-0.1, -0.05) is 38.1 Å². The molecule has 2 aliphatic heterocycles. The summed E-state index contributed by atoms with van der Waals surface area (Å²) in [6.07, 6.45) is 0.475. The third-order valence-corrected chi connectivity index (χ3v) is 5.93. The molecule has 0 radical (unpaired) electrons. The predicted octanol–water partition coefficient (Wildman–Crippen LogP) is 2.61. The lowest BCUT2D eigenvalue weighted by Gasteiger charge is -2.22. The minimum atomic E-state index is 0.219. The predicted molar refractivity (Wildman–Crippen MR) is 107 cm³/mol. The second kappa shape index (κ2) is 7.59. The van der Waals surface area contributed by atoms with Crippen molar-refractivity contribution in [2.24, 2.45) is 11.8 Å². The Morgan fingerprint density at radius 3 is 2.29 bits per heavy atom. The molecule has 28 heavy (non-hydrogen) atoms. The molecule has 2 atom stereocenters. The summed E-state index contributed by atoms with van der Waals surface area (Å²) < 4.78 is 0. The van der Waals surface area contributed by atoms with E-state index in [2.05, 4.69) is 53.2 Å². The summed E-state index contributed by atoms with van der Waals surface area (Å²) in [5.74, 6) is 2.49. The van der Waals surface area contributed by atoms with Crippen molar-refractivity contribution in [2.45, 2.75) is 26.2 Å². The monoisotopic (exact) mass is 375 g/mol. The molecule has 1 aromatic carbocycles. The van der Waals surface area contributed by atoms with Crippen LogP contribution in [0, 0.1) is 23.2 Å². The zero-order chi connectivity index (χ0) is 19.7. The van der Waals surface area contributed by atoms with Crippen LogP contribution in [0.15, 0.2) is 36.4 Å². The number of hydrogen-bond acceptors (Lipinski definition) is 5. The summed E-state index contributed by atoms with van der Waals surface area (Å²) in [6, 6.07) is 14.0. The number of rotatable bonds is 4. The molecule has 2 fully saturated rings. The summed E-state index contributed by atoms with van der Waals surface area (Å²) in [5.41, 5.74) is 2.72. The first-order chi connectivity index (χ1) is 13.5. The van der Waals surface area contributed by atoms with Crippen molar-refractivity contribution < 1.29 is 4.79 Å². The van der Waals surface area contributed by atoms with Crippen molar-refractivity contribution in [3.8, 4) is 6.07 Å². The first kappa shape index (κ1) is 18.4. The average molecular weight is 375 g/mol. The van der Waals surface area contributed by atoms with Gasteiger partial charge in [-0.05, 0) is 29.2 Å². The van der Waals surface area contributed by atoms with Gasteiger partial charge in [0, 0.05) is 38.0 Å². The Morgan fingerprint density at radius 2 is 1.75 bits per heavy atom. The highest BCUT2D eigenvalue weighted by atomic mass is 16.2. The number of aromatic nitrogens is 2. The minimum absolute atomic E-state index is 0.219. The van der Waals surface area contributed by atoms with Crippen LogP contribution in [0.1, 0.15) is 36.6 Å². The lowest BCUT2D eigenvalue weighted by atomic mass is 10.0. The lowest BCUT2D eigenvalue weighted by Crippen LogP contribution is -2.34. The molecule has 2 aromatic rings. The van der Waals surface area contributed by atoms with Crippen LogP contribution in [0.2, 0.25) is 0 Å². The van der Waals surface area contributed by atoms with Crippen LogP contribution in [-0.4, -0.2) is 47.2 Å². The van der Waals surface area contributed by atoms with Gasteiger partial charge in [-0.25, -0.2) is 0 Å². The van der Waals surface area contributed by atoms with Gasteiger partial charge in [0.1, 0.15) is 6.07 Å². The molecular weight excluding hydrogens is 350 g/mol. The molecule has 0 unspecified atom stereocenters. The molecule has 3 heterocycles. The fraction of sp³-hybridized carbons (Fsp3) is 0.455. The van der Waals surface area contributed by atoms with Crippen LogP contribution in [0.5, 0.6) is 0 Å². The van der Waals surface area contributed by atoms with Crippen LogP contribution in [0.4, 0.5) is 5.82 Å². The number of likely N-dealkylation sites (tertiary alicyclic amines) is 1. The molecular formula is C22H25N5O. The second-order valence-corrected chi connectivity index (χ2v) is 8.19. The molecule has 0 N–H and O–H groups in total. The zero-order valence-electron chi connectivity index (χ0n) is 16.4. The first-order valence-corrected chi connectivity index (χ1v) is 9.89. The summed E-state index contributed by atoms with van der Waals surface area (Å²) in [5, 5.41) is 16.9. The highest BCUT2D eigenvalue weighted by molar-refractivity contribution is 5.79. The van der Waals surface area contributed by atoms with Gasteiger partial charge in [0.05, 0.1) is 6.42 Å². The molecule has 4 rings (SSSR count). The summed E-state index contributed by atoms with van der Waals surface area (Å²) >= 11 is 0. The van der Waals surface area contributed by atoms with Crippen molar-refractivity contribution >= 4 is 11.7 Å². The molecule has 0 saturated carbocycles. The maximum Gasteiger partial charge on any atom is 0.227 e. The van der Waals surface area contributed by atoms with Crippen LogP contribution >= 0.6 is 0 Å². The zero-order valence-corrected chi connectivity index (χ0v) is 16.4. The number of hydrogen-bond donors (Lipinski definition) is 0. The standard InChI is InChI=1S/C22H25N5O/c1-15(2)17-5-3-16(4-6-17)9-22(28)27-13-18-11-26(12-19(18)14-27)21-8-7-20(10-23)24-25-21/h3-8,15,18-19H,9,11-14H2,1-2H3/t18-,19+. The van der Waals surface area contributed by atoms with Crippen molar-refractivity contribution in [1.29, 1.82) is 5.26 Å². The van der Waals surface area contributed by atoms with E-state index in [-0.39, 0.29) is 5.91 Å². The van der Waals surface area contributed by atoms with Gasteiger partial charge in [-0.2, -0.15) is 5.26 Å². The van der Waals surface area contributed by atoms with E-state index in [0.717, 1.165) is 37.6 Å². The van der Waals surface area contributed by atoms with E-state index in [0.29, 0.717) is 29.9 Å². The number of fused-ring (bicyclic) bond motifs is 1. The molecule has 6 nitrogen and oxygen atoms in total. The Bertz CT molecular complexity index is 871. The number of carbonyl (C=O) groups excluding carboxylic acids is 1. The normalized spacial score (nSPS) is 21.1. The second-order valence-electron chi connectivity index (χ2n) is 8.19. The number of amides is 1. The number of benzene rings is 1. The van der Waals surface area contributed by atoms with E-state index < -0.39 is 0 Å². The first-order valence-electron chi connectivity index (χ1n) is 9.89. The fourth-order valence-corrected chi connectivity index (χ4v) is 4.24. The maximum atomic E-state index is 12.7. The third kappa shape index (κ3) is 3.70. The van der Waals surface area contributed by atoms with Gasteiger partial charge < -0.3 is 9.80 Å². The van der Waals surface area contributed by atoms with Gasteiger partial charge >= 0.3 is 0 Å². The topological polar surface area (TPSA) is 73.1 Å². The summed E-state index contributed by atoms with van der Waals surface area (Å²) in [4.78, 5) is 17.0. The Labute approximate surface area is 165 Å². The third-order valence-electron chi connectivity index (χ3n) is 5.93. The molecule has 1 amide bonds. The molecule has 0 aliphatic carbocycles. The van der Waals surface area contributed by atoms with E-state index >= 15 is 0 Å². The quantitative estimate of drug-likeness (QED) is 0.821. The van der Waals surface area contributed by atoms with Crippen molar-refractivity contribution in [2.75, 3.05) is 31.1 Å². The number of nitriles is 1. The van der Waals surface area contributed by atoms with E-state index in [9.17, 15) is 4.79 Å². The molecule has 2 saturated heterocycles. The number of carbonyl (C=O) groups is 1. The summed E-state index contributed by atoms with van der Waals surface area (Å²) in [6.45, 7) is 7.75. The summed E-state index contributed by atoms with van der Waals surface area (Å²) in [7, 11) is 0. The molecule has 1 aromatic heterocycles. The Hall–Kier alpha value is -2.94. The average Bonchev–Trinajstić information content (AvgIpc) is 3.28. The van der Waals surface area contributed by atoms with Gasteiger partial charge in [0.25, 0.3) is 0 Å². The van der Waals surface area contributed by atoms with Crippen molar-refractivity contribution in [1.82, 2.24) is 15.1 Å². The molecule has 2 aliphatic rings. The van der Waals surface area contributed by atoms with Gasteiger partial charge in [-0.3, -0.25) is 4.79 Å². The highest BCUT2D eigenvalue weighted by Crippen LogP contribution is 2.33. The van der Waals surface area contributed by atoms with Crippen LogP contribution < -0.4 is 4.90 Å². The van der Waals surface area contributed by atoms with E-state index in [1.165, 1.54) is 5.56 Å². The Morgan fingerprint density at radius 1 is 1.07 bits per heavy atom. The van der Waals surface area contributed by atoms with Crippen LogP contribution in [-0.2, 0) is 11.2 Å². The molecule has 0 spiro atoms. The highest BCUT2D eigenvalue weighted by Gasteiger charge is 2.41. The molecule has 144 valence electrons. The van der Waals surface area contributed by atoms with Crippen LogP contribution in [0.25, 0.3) is 0 Å². The number of anilines is 1. The van der Waals surface area contributed by atoms with Crippen molar-refractivity contribution in [3.05, 3.63) is 53.2 Å². The molecule has 6 heteroatoms. The van der Waals surface area contributed by atoms with Crippen molar-refractivity contribution in [3.63, 3.8) is 0 Å². The Balaban J connectivity index is 1.33. The largest absolute Gasteiger partial charge is 0.354 e. The molecule has 0 bridgehead atoms.